The number of amides is 1. The van der Waals surface area contributed by atoms with Crippen LogP contribution in [0.3, 0.4) is 0 Å². The van der Waals surface area contributed by atoms with Crippen molar-refractivity contribution >= 4 is 38.6 Å². The van der Waals surface area contributed by atoms with E-state index < -0.39 is 10.5 Å². The zero-order chi connectivity index (χ0) is 19.1. The van der Waals surface area contributed by atoms with Gasteiger partial charge in [-0.05, 0) is 49.5 Å². The second kappa shape index (κ2) is 6.86. The molecule has 2 heterocycles. The van der Waals surface area contributed by atoms with Gasteiger partial charge in [0.25, 0.3) is 5.69 Å². The van der Waals surface area contributed by atoms with E-state index in [0.717, 1.165) is 18.2 Å². The summed E-state index contributed by atoms with van der Waals surface area (Å²) in [6.45, 7) is 6.74. The van der Waals surface area contributed by atoms with Crippen LogP contribution in [0.15, 0.2) is 22.8 Å². The first-order valence-electron chi connectivity index (χ1n) is 8.45. The Morgan fingerprint density at radius 3 is 2.58 bits per heavy atom. The number of rotatable bonds is 2. The summed E-state index contributed by atoms with van der Waals surface area (Å²) < 4.78 is 7.87. The number of likely N-dealkylation sites (tertiary alicyclic amines) is 1. The van der Waals surface area contributed by atoms with Crippen LogP contribution in [-0.2, 0) is 4.74 Å². The first-order chi connectivity index (χ1) is 12.1. The van der Waals surface area contributed by atoms with Gasteiger partial charge in [0.1, 0.15) is 11.1 Å². The molecule has 2 aromatic rings. The molecule has 9 heteroatoms. The Morgan fingerprint density at radius 1 is 1.35 bits per heavy atom. The number of nitrogens with zero attached hydrogens (tertiary/aromatic N) is 4. The number of carbonyl (C=O) groups is 1. The Labute approximate surface area is 159 Å². The van der Waals surface area contributed by atoms with Gasteiger partial charge in [-0.15, -0.1) is 0 Å². The van der Waals surface area contributed by atoms with E-state index in [1.807, 2.05) is 31.6 Å². The normalized spacial score (nSPS) is 16.1. The van der Waals surface area contributed by atoms with Gasteiger partial charge in [0.15, 0.2) is 0 Å². The highest BCUT2D eigenvalue weighted by molar-refractivity contribution is 9.10. The van der Waals surface area contributed by atoms with Crippen molar-refractivity contribution in [1.82, 2.24) is 14.7 Å². The van der Waals surface area contributed by atoms with Crippen molar-refractivity contribution in [3.63, 3.8) is 0 Å². The maximum Gasteiger partial charge on any atom is 0.410 e. The van der Waals surface area contributed by atoms with E-state index in [4.69, 9.17) is 4.74 Å². The Bertz CT molecular complexity index is 850. The summed E-state index contributed by atoms with van der Waals surface area (Å²) in [5, 5.41) is 16.3. The average Bonchev–Trinajstić information content (AvgIpc) is 2.98. The second-order valence-electron chi connectivity index (χ2n) is 7.43. The summed E-state index contributed by atoms with van der Waals surface area (Å²) >= 11 is 3.36. The molecule has 0 unspecified atom stereocenters. The molecule has 1 fully saturated rings. The lowest BCUT2D eigenvalue weighted by Gasteiger charge is -2.33. The van der Waals surface area contributed by atoms with Crippen molar-refractivity contribution in [1.29, 1.82) is 0 Å². The minimum Gasteiger partial charge on any atom is -0.444 e. The molecule has 1 amide bonds. The van der Waals surface area contributed by atoms with E-state index in [1.54, 1.807) is 4.90 Å². The number of nitro benzene ring substituents is 1. The lowest BCUT2D eigenvalue weighted by molar-refractivity contribution is -0.384. The lowest BCUT2D eigenvalue weighted by Crippen LogP contribution is -2.42. The van der Waals surface area contributed by atoms with E-state index in [9.17, 15) is 14.9 Å². The molecule has 1 aliphatic heterocycles. The van der Waals surface area contributed by atoms with Gasteiger partial charge >= 0.3 is 6.09 Å². The summed E-state index contributed by atoms with van der Waals surface area (Å²) in [5.41, 5.74) is 0.225. The number of ether oxygens (including phenoxy) is 1. The standard InChI is InChI=1S/C17H21BrN4O4/c1-17(2,3)26-16(23)20-6-4-12(5-7-20)21-10-11-8-13(22(24)25)9-14(18)15(11)19-21/h8-10,12H,4-7H2,1-3H3. The number of benzene rings is 1. The summed E-state index contributed by atoms with van der Waals surface area (Å²) in [6, 6.07) is 3.14. The molecule has 0 radical (unpaired) electrons. The van der Waals surface area contributed by atoms with Crippen LogP contribution in [0.2, 0.25) is 0 Å². The zero-order valence-electron chi connectivity index (χ0n) is 14.9. The van der Waals surface area contributed by atoms with Crippen molar-refractivity contribution in [2.24, 2.45) is 0 Å². The largest absolute Gasteiger partial charge is 0.444 e. The fourth-order valence-electron chi connectivity index (χ4n) is 3.03. The van der Waals surface area contributed by atoms with Gasteiger partial charge in [-0.3, -0.25) is 14.8 Å². The number of piperidine rings is 1. The highest BCUT2D eigenvalue weighted by Crippen LogP contribution is 2.31. The number of non-ortho nitro benzene ring substituents is 1. The summed E-state index contributed by atoms with van der Waals surface area (Å²) in [4.78, 5) is 24.5. The van der Waals surface area contributed by atoms with Crippen molar-refractivity contribution in [3.8, 4) is 0 Å². The minimum absolute atomic E-state index is 0.0312. The molecule has 0 atom stereocenters. The van der Waals surface area contributed by atoms with E-state index in [1.165, 1.54) is 12.1 Å². The van der Waals surface area contributed by atoms with Crippen LogP contribution >= 0.6 is 15.9 Å². The maximum absolute atomic E-state index is 12.2. The van der Waals surface area contributed by atoms with Crippen LogP contribution in [0.25, 0.3) is 10.9 Å². The van der Waals surface area contributed by atoms with E-state index in [2.05, 4.69) is 21.0 Å². The lowest BCUT2D eigenvalue weighted by atomic mass is 10.1. The first-order valence-corrected chi connectivity index (χ1v) is 9.24. The molecular formula is C17H21BrN4O4. The molecule has 26 heavy (non-hydrogen) atoms. The van der Waals surface area contributed by atoms with Crippen molar-refractivity contribution < 1.29 is 14.5 Å². The Hall–Kier alpha value is -2.16. The first kappa shape index (κ1) is 18.6. The Balaban J connectivity index is 1.72. The SMILES string of the molecule is CC(C)(C)OC(=O)N1CCC(n2cc3cc([N+](=O)[O-])cc(Br)c3n2)CC1. The van der Waals surface area contributed by atoms with Gasteiger partial charge in [0.2, 0.25) is 0 Å². The Kier molecular flexibility index (Phi) is 4.92. The van der Waals surface area contributed by atoms with Crippen LogP contribution in [0.4, 0.5) is 10.5 Å². The van der Waals surface area contributed by atoms with Crippen LogP contribution in [0.1, 0.15) is 39.7 Å². The maximum atomic E-state index is 12.2. The van der Waals surface area contributed by atoms with Gasteiger partial charge < -0.3 is 9.64 Å². The third kappa shape index (κ3) is 3.98. The highest BCUT2D eigenvalue weighted by Gasteiger charge is 2.28. The van der Waals surface area contributed by atoms with E-state index >= 15 is 0 Å². The predicted molar refractivity (Wildman–Crippen MR) is 100 cm³/mol. The summed E-state index contributed by atoms with van der Waals surface area (Å²) in [6.07, 6.45) is 3.06. The molecule has 1 aromatic heterocycles. The number of hydrogen-bond donors (Lipinski definition) is 0. The quantitative estimate of drug-likeness (QED) is 0.529. The summed E-state index contributed by atoms with van der Waals surface area (Å²) in [5.74, 6) is 0. The van der Waals surface area contributed by atoms with Crippen LogP contribution in [-0.4, -0.2) is 44.4 Å². The summed E-state index contributed by atoms with van der Waals surface area (Å²) in [7, 11) is 0. The van der Waals surface area contributed by atoms with Gasteiger partial charge in [0.05, 0.1) is 15.4 Å². The number of nitro groups is 1. The second-order valence-corrected chi connectivity index (χ2v) is 8.28. The van der Waals surface area contributed by atoms with Crippen LogP contribution in [0.5, 0.6) is 0 Å². The number of halogens is 1. The highest BCUT2D eigenvalue weighted by atomic mass is 79.9. The molecule has 0 aliphatic carbocycles. The molecule has 1 aromatic carbocycles. The predicted octanol–water partition coefficient (Wildman–Crippen LogP) is 4.28. The third-order valence-corrected chi connectivity index (χ3v) is 4.87. The molecule has 1 aliphatic rings. The minimum atomic E-state index is -0.505. The number of fused-ring (bicyclic) bond motifs is 1. The van der Waals surface area contributed by atoms with E-state index in [-0.39, 0.29) is 17.8 Å². The molecule has 0 spiro atoms. The van der Waals surface area contributed by atoms with Gasteiger partial charge in [-0.1, -0.05) is 0 Å². The molecule has 3 rings (SSSR count). The number of carbonyl (C=O) groups excluding carboxylic acids is 1. The monoisotopic (exact) mass is 424 g/mol. The van der Waals surface area contributed by atoms with Crippen LogP contribution in [0, 0.1) is 10.1 Å². The zero-order valence-corrected chi connectivity index (χ0v) is 16.5. The smallest absolute Gasteiger partial charge is 0.410 e. The fourth-order valence-corrected chi connectivity index (χ4v) is 3.57. The molecule has 1 saturated heterocycles. The van der Waals surface area contributed by atoms with Gasteiger partial charge in [0, 0.05) is 36.8 Å². The van der Waals surface area contributed by atoms with Crippen molar-refractivity contribution in [2.75, 3.05) is 13.1 Å². The van der Waals surface area contributed by atoms with Gasteiger partial charge in [-0.25, -0.2) is 4.79 Å². The molecule has 8 nitrogen and oxygen atoms in total. The Morgan fingerprint density at radius 2 is 2.00 bits per heavy atom. The van der Waals surface area contributed by atoms with Gasteiger partial charge in [-0.2, -0.15) is 5.10 Å². The van der Waals surface area contributed by atoms with Crippen LogP contribution < -0.4 is 0 Å². The third-order valence-electron chi connectivity index (χ3n) is 4.27. The molecule has 140 valence electrons. The molecular weight excluding hydrogens is 404 g/mol. The van der Waals surface area contributed by atoms with E-state index in [0.29, 0.717) is 23.1 Å². The molecule has 0 N–H and O–H groups in total. The number of hydrogen-bond acceptors (Lipinski definition) is 5. The van der Waals surface area contributed by atoms with Crippen molar-refractivity contribution in [3.05, 3.63) is 32.9 Å². The van der Waals surface area contributed by atoms with Crippen molar-refractivity contribution in [2.45, 2.75) is 45.3 Å². The molecule has 0 bridgehead atoms. The average molecular weight is 425 g/mol. The number of aromatic nitrogens is 2. The fraction of sp³-hybridized carbons (Fsp3) is 0.529. The molecule has 0 saturated carbocycles. The topological polar surface area (TPSA) is 90.5 Å².